The molecular formula is C14H17N5O2S. The summed E-state index contributed by atoms with van der Waals surface area (Å²) in [7, 11) is -3.66. The summed E-state index contributed by atoms with van der Waals surface area (Å²) in [5.41, 5.74) is 0.456. The highest BCUT2D eigenvalue weighted by Gasteiger charge is 2.25. The Morgan fingerprint density at radius 2 is 2.14 bits per heavy atom. The largest absolute Gasteiger partial charge is 0.260 e. The van der Waals surface area contributed by atoms with Crippen LogP contribution in [0.3, 0.4) is 0 Å². The molecule has 0 unspecified atom stereocenters. The quantitative estimate of drug-likeness (QED) is 0.888. The van der Waals surface area contributed by atoms with Crippen molar-refractivity contribution in [2.24, 2.45) is 11.8 Å². The number of hydrogen-bond donors (Lipinski definition) is 2. The SMILES string of the molecule is N#CC1CCC(CNS(=O)(=O)c2n[nH]c3ncccc23)CC1. The van der Waals surface area contributed by atoms with Crippen LogP contribution in [0.15, 0.2) is 23.4 Å². The number of nitrogens with zero attached hydrogens (tertiary/aromatic N) is 3. The Morgan fingerprint density at radius 1 is 1.36 bits per heavy atom. The summed E-state index contributed by atoms with van der Waals surface area (Å²) in [6.07, 6.45) is 5.03. The Bertz CT molecular complexity index is 800. The molecule has 0 spiro atoms. The van der Waals surface area contributed by atoms with E-state index < -0.39 is 10.0 Å². The van der Waals surface area contributed by atoms with Crippen LogP contribution in [0.4, 0.5) is 0 Å². The molecule has 1 aliphatic rings. The molecule has 0 radical (unpaired) electrons. The fraction of sp³-hybridized carbons (Fsp3) is 0.500. The molecule has 3 rings (SSSR count). The summed E-state index contributed by atoms with van der Waals surface area (Å²) < 4.78 is 27.4. The van der Waals surface area contributed by atoms with Gasteiger partial charge in [0.25, 0.3) is 10.0 Å². The number of pyridine rings is 1. The molecule has 2 aromatic heterocycles. The van der Waals surface area contributed by atoms with Crippen LogP contribution < -0.4 is 4.72 Å². The minimum Gasteiger partial charge on any atom is -0.259 e. The average molecular weight is 319 g/mol. The number of aromatic nitrogens is 3. The summed E-state index contributed by atoms with van der Waals surface area (Å²) in [5, 5.41) is 15.9. The fourth-order valence-electron chi connectivity index (χ4n) is 2.83. The third kappa shape index (κ3) is 2.96. The van der Waals surface area contributed by atoms with E-state index >= 15 is 0 Å². The first-order valence-corrected chi connectivity index (χ1v) is 8.77. The minimum absolute atomic E-state index is 0.0127. The van der Waals surface area contributed by atoms with Crippen LogP contribution >= 0.6 is 0 Å². The third-order valence-electron chi connectivity index (χ3n) is 4.15. The standard InChI is InChI=1S/C14H17N5O2S/c15-8-10-3-5-11(6-4-10)9-17-22(20,21)14-12-2-1-7-16-13(12)18-19-14/h1-2,7,10-11,17H,3-6,9H2,(H,16,18,19). The number of hydrogen-bond acceptors (Lipinski definition) is 5. The Balaban J connectivity index is 1.68. The molecule has 0 aliphatic heterocycles. The Labute approximate surface area is 128 Å². The zero-order chi connectivity index (χ0) is 15.6. The first kappa shape index (κ1) is 14.9. The molecule has 2 aromatic rings. The van der Waals surface area contributed by atoms with E-state index in [1.807, 2.05) is 0 Å². The van der Waals surface area contributed by atoms with Gasteiger partial charge in [0.2, 0.25) is 5.03 Å². The number of nitriles is 1. The Hall–Kier alpha value is -1.98. The highest BCUT2D eigenvalue weighted by Crippen LogP contribution is 2.28. The molecule has 0 saturated heterocycles. The van der Waals surface area contributed by atoms with Crippen LogP contribution in [0.25, 0.3) is 11.0 Å². The van der Waals surface area contributed by atoms with Gasteiger partial charge in [0, 0.05) is 18.7 Å². The minimum atomic E-state index is -3.66. The predicted molar refractivity (Wildman–Crippen MR) is 80.1 cm³/mol. The van der Waals surface area contributed by atoms with Crippen molar-refractivity contribution in [3.8, 4) is 6.07 Å². The van der Waals surface area contributed by atoms with Crippen LogP contribution in [0.5, 0.6) is 0 Å². The molecule has 0 aromatic carbocycles. The van der Waals surface area contributed by atoms with Crippen molar-refractivity contribution in [3.05, 3.63) is 18.3 Å². The van der Waals surface area contributed by atoms with Crippen molar-refractivity contribution >= 4 is 21.1 Å². The van der Waals surface area contributed by atoms with E-state index in [1.54, 1.807) is 18.3 Å². The molecule has 0 atom stereocenters. The molecule has 8 heteroatoms. The van der Waals surface area contributed by atoms with Gasteiger partial charge in [-0.25, -0.2) is 18.1 Å². The molecule has 0 bridgehead atoms. The molecule has 7 nitrogen and oxygen atoms in total. The van der Waals surface area contributed by atoms with Crippen molar-refractivity contribution in [2.75, 3.05) is 6.54 Å². The summed E-state index contributed by atoms with van der Waals surface area (Å²) in [5.74, 6) is 0.400. The van der Waals surface area contributed by atoms with Crippen molar-refractivity contribution < 1.29 is 8.42 Å². The van der Waals surface area contributed by atoms with Crippen molar-refractivity contribution in [1.82, 2.24) is 19.9 Å². The van der Waals surface area contributed by atoms with Crippen molar-refractivity contribution in [2.45, 2.75) is 30.7 Å². The van der Waals surface area contributed by atoms with Crippen molar-refractivity contribution in [3.63, 3.8) is 0 Å². The summed E-state index contributed by atoms with van der Waals surface area (Å²) in [6.45, 7) is 0.384. The second-order valence-electron chi connectivity index (χ2n) is 5.63. The van der Waals surface area contributed by atoms with Gasteiger partial charge in [0.1, 0.15) is 0 Å². The van der Waals surface area contributed by atoms with Gasteiger partial charge in [-0.3, -0.25) is 5.10 Å². The van der Waals surface area contributed by atoms with E-state index in [9.17, 15) is 8.42 Å². The van der Waals surface area contributed by atoms with E-state index in [0.29, 0.717) is 17.6 Å². The maximum atomic E-state index is 12.4. The fourth-order valence-corrected chi connectivity index (χ4v) is 4.04. The molecule has 1 saturated carbocycles. The lowest BCUT2D eigenvalue weighted by atomic mass is 9.83. The third-order valence-corrected chi connectivity index (χ3v) is 5.51. The zero-order valence-corrected chi connectivity index (χ0v) is 12.8. The van der Waals surface area contributed by atoms with Crippen LogP contribution in [-0.4, -0.2) is 30.1 Å². The summed E-state index contributed by atoms with van der Waals surface area (Å²) >= 11 is 0. The van der Waals surface area contributed by atoms with Crippen LogP contribution in [-0.2, 0) is 10.0 Å². The first-order valence-electron chi connectivity index (χ1n) is 7.28. The van der Waals surface area contributed by atoms with Crippen molar-refractivity contribution in [1.29, 1.82) is 5.26 Å². The highest BCUT2D eigenvalue weighted by atomic mass is 32.2. The normalized spacial score (nSPS) is 22.5. The molecule has 0 amide bonds. The van der Waals surface area contributed by atoms with Gasteiger partial charge < -0.3 is 0 Å². The average Bonchev–Trinajstić information content (AvgIpc) is 2.98. The van der Waals surface area contributed by atoms with E-state index in [0.717, 1.165) is 25.7 Å². The van der Waals surface area contributed by atoms with Crippen LogP contribution in [0.2, 0.25) is 0 Å². The summed E-state index contributed by atoms with van der Waals surface area (Å²) in [6, 6.07) is 5.64. The lowest BCUT2D eigenvalue weighted by Crippen LogP contribution is -2.31. The predicted octanol–water partition coefficient (Wildman–Crippen LogP) is 1.57. The van der Waals surface area contributed by atoms with E-state index in [2.05, 4.69) is 26.0 Å². The molecule has 116 valence electrons. The second kappa shape index (κ2) is 6.02. The smallest absolute Gasteiger partial charge is 0.259 e. The maximum Gasteiger partial charge on any atom is 0.260 e. The molecule has 1 aliphatic carbocycles. The number of rotatable bonds is 4. The number of fused-ring (bicyclic) bond motifs is 1. The van der Waals surface area contributed by atoms with Gasteiger partial charge in [-0.05, 0) is 43.7 Å². The van der Waals surface area contributed by atoms with E-state index in [-0.39, 0.29) is 16.9 Å². The number of H-pyrrole nitrogens is 1. The number of aromatic amines is 1. The van der Waals surface area contributed by atoms with Gasteiger partial charge in [-0.2, -0.15) is 10.4 Å². The van der Waals surface area contributed by atoms with Gasteiger partial charge in [0.05, 0.1) is 11.5 Å². The van der Waals surface area contributed by atoms with Gasteiger partial charge in [0.15, 0.2) is 5.65 Å². The molecule has 22 heavy (non-hydrogen) atoms. The van der Waals surface area contributed by atoms with E-state index in [1.165, 1.54) is 0 Å². The molecule has 2 N–H and O–H groups in total. The second-order valence-corrected chi connectivity index (χ2v) is 7.31. The first-order chi connectivity index (χ1) is 10.6. The molecule has 1 fully saturated rings. The van der Waals surface area contributed by atoms with E-state index in [4.69, 9.17) is 5.26 Å². The topological polar surface area (TPSA) is 112 Å². The number of sulfonamides is 1. The Kier molecular flexibility index (Phi) is 4.09. The molecular weight excluding hydrogens is 302 g/mol. The van der Waals surface area contributed by atoms with Crippen LogP contribution in [0.1, 0.15) is 25.7 Å². The zero-order valence-electron chi connectivity index (χ0n) is 12.0. The maximum absolute atomic E-state index is 12.4. The molecule has 2 heterocycles. The van der Waals surface area contributed by atoms with Crippen LogP contribution in [0, 0.1) is 23.2 Å². The highest BCUT2D eigenvalue weighted by molar-refractivity contribution is 7.89. The lowest BCUT2D eigenvalue weighted by Gasteiger charge is -2.24. The summed E-state index contributed by atoms with van der Waals surface area (Å²) in [4.78, 5) is 4.04. The number of nitrogens with one attached hydrogen (secondary N) is 2. The lowest BCUT2D eigenvalue weighted by molar-refractivity contribution is 0.315. The van der Waals surface area contributed by atoms with Gasteiger partial charge in [-0.1, -0.05) is 0 Å². The van der Waals surface area contributed by atoms with Gasteiger partial charge in [-0.15, -0.1) is 0 Å². The van der Waals surface area contributed by atoms with Gasteiger partial charge >= 0.3 is 0 Å². The Morgan fingerprint density at radius 3 is 2.86 bits per heavy atom. The monoisotopic (exact) mass is 319 g/mol.